The van der Waals surface area contributed by atoms with Crippen molar-refractivity contribution in [3.63, 3.8) is 0 Å². The molecule has 0 heterocycles. The van der Waals surface area contributed by atoms with Crippen LogP contribution in [0.5, 0.6) is 0 Å². The van der Waals surface area contributed by atoms with Crippen LogP contribution < -0.4 is 4.90 Å². The Balaban J connectivity index is 2.15. The number of para-hydroxylation sites is 1. The number of hydrogen-bond donors (Lipinski definition) is 0. The third kappa shape index (κ3) is 3.33. The average Bonchev–Trinajstić information content (AvgIpc) is 2.42. The molecule has 0 fully saturated rings. The maximum atomic E-state index is 12.3. The fraction of sp³-hybridized carbons (Fsp3) is 0.188. The molecular formula is C16H15Cl2NO. The topological polar surface area (TPSA) is 20.3 Å². The van der Waals surface area contributed by atoms with E-state index in [1.54, 1.807) is 18.2 Å². The molecule has 0 aliphatic heterocycles. The second-order valence-electron chi connectivity index (χ2n) is 4.69. The number of ketones is 1. The quantitative estimate of drug-likeness (QED) is 0.768. The number of Topliss-reactive ketones (excluding diaryl/α,β-unsaturated/α-hetero) is 1. The van der Waals surface area contributed by atoms with Gasteiger partial charge in [0.15, 0.2) is 5.78 Å². The fourth-order valence-corrected chi connectivity index (χ4v) is 2.35. The second-order valence-corrected chi connectivity index (χ2v) is 5.51. The maximum absolute atomic E-state index is 12.3. The Kier molecular flexibility index (Phi) is 4.69. The van der Waals surface area contributed by atoms with Gasteiger partial charge in [0.25, 0.3) is 0 Å². The van der Waals surface area contributed by atoms with Gasteiger partial charge in [0.1, 0.15) is 0 Å². The highest BCUT2D eigenvalue weighted by Gasteiger charge is 2.12. The standard InChI is InChI=1S/C16H15Cl2NO/c1-11-5-3-4-6-15(11)19(2)10-16(20)12-7-8-13(17)14(18)9-12/h3-9H,10H2,1-2H3. The first-order valence-corrected chi connectivity index (χ1v) is 6.99. The van der Waals surface area contributed by atoms with Crippen molar-refractivity contribution in [3.8, 4) is 0 Å². The molecule has 2 rings (SSSR count). The molecule has 0 bridgehead atoms. The molecule has 20 heavy (non-hydrogen) atoms. The van der Waals surface area contributed by atoms with Gasteiger partial charge in [-0.05, 0) is 36.8 Å². The fourth-order valence-electron chi connectivity index (χ4n) is 2.05. The molecule has 2 nitrogen and oxygen atoms in total. The molecule has 0 atom stereocenters. The van der Waals surface area contributed by atoms with Crippen LogP contribution in [0.2, 0.25) is 10.0 Å². The highest BCUT2D eigenvalue weighted by Crippen LogP contribution is 2.23. The monoisotopic (exact) mass is 307 g/mol. The van der Waals surface area contributed by atoms with E-state index in [0.29, 0.717) is 22.2 Å². The third-order valence-corrected chi connectivity index (χ3v) is 3.89. The smallest absolute Gasteiger partial charge is 0.182 e. The summed E-state index contributed by atoms with van der Waals surface area (Å²) >= 11 is 11.8. The second kappa shape index (κ2) is 6.29. The molecule has 0 radical (unpaired) electrons. The van der Waals surface area contributed by atoms with Crippen LogP contribution in [0.1, 0.15) is 15.9 Å². The lowest BCUT2D eigenvalue weighted by atomic mass is 10.1. The molecule has 0 N–H and O–H groups in total. The van der Waals surface area contributed by atoms with E-state index in [4.69, 9.17) is 23.2 Å². The van der Waals surface area contributed by atoms with Crippen LogP contribution in [-0.2, 0) is 0 Å². The van der Waals surface area contributed by atoms with Gasteiger partial charge in [-0.15, -0.1) is 0 Å². The summed E-state index contributed by atoms with van der Waals surface area (Å²) in [5.74, 6) is 0.00863. The highest BCUT2D eigenvalue weighted by molar-refractivity contribution is 6.42. The van der Waals surface area contributed by atoms with Crippen LogP contribution in [0.25, 0.3) is 0 Å². The van der Waals surface area contributed by atoms with Gasteiger partial charge in [0.05, 0.1) is 16.6 Å². The van der Waals surface area contributed by atoms with E-state index in [2.05, 4.69) is 0 Å². The molecule has 2 aromatic rings. The van der Waals surface area contributed by atoms with Gasteiger partial charge >= 0.3 is 0 Å². The van der Waals surface area contributed by atoms with Crippen molar-refractivity contribution in [3.05, 3.63) is 63.6 Å². The zero-order valence-corrected chi connectivity index (χ0v) is 12.9. The molecule has 0 unspecified atom stereocenters. The summed E-state index contributed by atoms with van der Waals surface area (Å²) in [4.78, 5) is 14.2. The van der Waals surface area contributed by atoms with Gasteiger partial charge < -0.3 is 4.90 Å². The Morgan fingerprint density at radius 2 is 1.80 bits per heavy atom. The molecule has 104 valence electrons. The lowest BCUT2D eigenvalue weighted by molar-refractivity contribution is 0.100. The van der Waals surface area contributed by atoms with E-state index >= 15 is 0 Å². The number of aryl methyl sites for hydroxylation is 1. The largest absolute Gasteiger partial charge is 0.367 e. The van der Waals surface area contributed by atoms with E-state index in [1.165, 1.54) is 0 Å². The number of likely N-dealkylation sites (N-methyl/N-ethyl adjacent to an activating group) is 1. The van der Waals surface area contributed by atoms with Crippen LogP contribution in [0.3, 0.4) is 0 Å². The molecule has 0 aromatic heterocycles. The molecule has 0 amide bonds. The number of carbonyl (C=O) groups is 1. The Bertz CT molecular complexity index is 640. The Hall–Kier alpha value is -1.51. The van der Waals surface area contributed by atoms with E-state index in [0.717, 1.165) is 11.3 Å². The molecule has 0 saturated heterocycles. The number of carbonyl (C=O) groups excluding carboxylic acids is 1. The number of rotatable bonds is 4. The lowest BCUT2D eigenvalue weighted by Crippen LogP contribution is -2.26. The molecule has 0 aliphatic carbocycles. The summed E-state index contributed by atoms with van der Waals surface area (Å²) < 4.78 is 0. The van der Waals surface area contributed by atoms with Crippen LogP contribution in [-0.4, -0.2) is 19.4 Å². The van der Waals surface area contributed by atoms with Crippen molar-refractivity contribution in [1.82, 2.24) is 0 Å². The summed E-state index contributed by atoms with van der Waals surface area (Å²) in [6.45, 7) is 2.32. The number of halogens is 2. The average molecular weight is 308 g/mol. The molecule has 0 spiro atoms. The SMILES string of the molecule is Cc1ccccc1N(C)CC(=O)c1ccc(Cl)c(Cl)c1. The predicted octanol–water partition coefficient (Wildman–Crippen LogP) is 4.62. The summed E-state index contributed by atoms with van der Waals surface area (Å²) in [6, 6.07) is 12.9. The first kappa shape index (κ1) is 14.9. The van der Waals surface area contributed by atoms with E-state index < -0.39 is 0 Å². The minimum absolute atomic E-state index is 0.00863. The summed E-state index contributed by atoms with van der Waals surface area (Å²) in [6.07, 6.45) is 0. The van der Waals surface area contributed by atoms with Gasteiger partial charge in [0.2, 0.25) is 0 Å². The number of anilines is 1. The van der Waals surface area contributed by atoms with E-state index in [1.807, 2.05) is 43.1 Å². The zero-order chi connectivity index (χ0) is 14.7. The van der Waals surface area contributed by atoms with Crippen molar-refractivity contribution < 1.29 is 4.79 Å². The van der Waals surface area contributed by atoms with Crippen molar-refractivity contribution in [2.75, 3.05) is 18.5 Å². The molecule has 2 aromatic carbocycles. The van der Waals surface area contributed by atoms with Crippen LogP contribution >= 0.6 is 23.2 Å². The third-order valence-electron chi connectivity index (χ3n) is 3.15. The van der Waals surface area contributed by atoms with Gasteiger partial charge in [-0.3, -0.25) is 4.79 Å². The van der Waals surface area contributed by atoms with E-state index in [9.17, 15) is 4.79 Å². The summed E-state index contributed by atoms with van der Waals surface area (Å²) in [7, 11) is 1.90. The first-order valence-electron chi connectivity index (χ1n) is 6.24. The van der Waals surface area contributed by atoms with Crippen molar-refractivity contribution >= 4 is 34.7 Å². The lowest BCUT2D eigenvalue weighted by Gasteiger charge is -2.20. The number of nitrogens with zero attached hydrogens (tertiary/aromatic N) is 1. The predicted molar refractivity (Wildman–Crippen MR) is 85.2 cm³/mol. The maximum Gasteiger partial charge on any atom is 0.182 e. The summed E-state index contributed by atoms with van der Waals surface area (Å²) in [5.41, 5.74) is 2.75. The molecular weight excluding hydrogens is 293 g/mol. The normalized spacial score (nSPS) is 10.4. The van der Waals surface area contributed by atoms with E-state index in [-0.39, 0.29) is 5.78 Å². The van der Waals surface area contributed by atoms with Crippen LogP contribution in [0, 0.1) is 6.92 Å². The van der Waals surface area contributed by atoms with Crippen molar-refractivity contribution in [2.45, 2.75) is 6.92 Å². The van der Waals surface area contributed by atoms with Gasteiger partial charge in [-0.1, -0.05) is 41.4 Å². The van der Waals surface area contributed by atoms with Gasteiger partial charge in [-0.2, -0.15) is 0 Å². The highest BCUT2D eigenvalue weighted by atomic mass is 35.5. The van der Waals surface area contributed by atoms with Crippen LogP contribution in [0.15, 0.2) is 42.5 Å². The zero-order valence-electron chi connectivity index (χ0n) is 11.4. The molecule has 0 aliphatic rings. The van der Waals surface area contributed by atoms with Gasteiger partial charge in [0, 0.05) is 18.3 Å². The first-order chi connectivity index (χ1) is 9.49. The Labute approximate surface area is 128 Å². The van der Waals surface area contributed by atoms with Crippen molar-refractivity contribution in [1.29, 1.82) is 0 Å². The Morgan fingerprint density at radius 1 is 1.10 bits per heavy atom. The minimum Gasteiger partial charge on any atom is -0.367 e. The number of hydrogen-bond acceptors (Lipinski definition) is 2. The molecule has 0 saturated carbocycles. The number of benzene rings is 2. The minimum atomic E-state index is 0.00863. The van der Waals surface area contributed by atoms with Crippen molar-refractivity contribution in [2.24, 2.45) is 0 Å². The summed E-state index contributed by atoms with van der Waals surface area (Å²) in [5, 5.41) is 0.853. The molecule has 4 heteroatoms. The Morgan fingerprint density at radius 3 is 2.45 bits per heavy atom. The van der Waals surface area contributed by atoms with Crippen LogP contribution in [0.4, 0.5) is 5.69 Å². The van der Waals surface area contributed by atoms with Gasteiger partial charge in [-0.25, -0.2) is 0 Å².